The van der Waals surface area contributed by atoms with E-state index < -0.39 is 0 Å². The highest BCUT2D eigenvalue weighted by Gasteiger charge is 2.09. The molecule has 5 aromatic rings. The maximum atomic E-state index is 13.1. The molecule has 0 spiro atoms. The van der Waals surface area contributed by atoms with E-state index in [2.05, 4.69) is 15.7 Å². The van der Waals surface area contributed by atoms with E-state index in [9.17, 15) is 9.18 Å². The molecule has 1 amide bonds. The van der Waals surface area contributed by atoms with E-state index in [4.69, 9.17) is 0 Å². The summed E-state index contributed by atoms with van der Waals surface area (Å²) in [6.45, 7) is 0. The molecule has 0 aliphatic heterocycles. The molecule has 7 heteroatoms. The molecule has 0 fully saturated rings. The normalized spacial score (nSPS) is 10.9. The summed E-state index contributed by atoms with van der Waals surface area (Å²) in [6, 6.07) is 23.4. The minimum atomic E-state index is -0.264. The van der Waals surface area contributed by atoms with E-state index in [1.165, 1.54) is 23.5 Å². The second kappa shape index (κ2) is 8.04. The first-order valence-electron chi connectivity index (χ1n) is 9.61. The van der Waals surface area contributed by atoms with Crippen molar-refractivity contribution in [1.29, 1.82) is 0 Å². The highest BCUT2D eigenvalue weighted by Crippen LogP contribution is 2.25. The van der Waals surface area contributed by atoms with Gasteiger partial charge in [0.15, 0.2) is 0 Å². The van der Waals surface area contributed by atoms with Crippen LogP contribution in [0.25, 0.3) is 16.6 Å². The van der Waals surface area contributed by atoms with Gasteiger partial charge in [0.05, 0.1) is 22.3 Å². The molecule has 0 unspecified atom stereocenters. The van der Waals surface area contributed by atoms with Crippen molar-refractivity contribution in [3.05, 3.63) is 101 Å². The SMILES string of the molecule is O=C(Nc1ccc(-n2ncc3cc(Nc4ccc(F)cc4)ccc32)cc1)c1cccs1. The number of hydrogen-bond acceptors (Lipinski definition) is 4. The van der Waals surface area contributed by atoms with Gasteiger partial charge in [0.25, 0.3) is 5.91 Å². The summed E-state index contributed by atoms with van der Waals surface area (Å²) in [5, 5.41) is 13.5. The predicted molar refractivity (Wildman–Crippen MR) is 123 cm³/mol. The Kier molecular flexibility index (Phi) is 4.93. The van der Waals surface area contributed by atoms with E-state index in [0.29, 0.717) is 4.88 Å². The summed E-state index contributed by atoms with van der Waals surface area (Å²) < 4.78 is 14.9. The first-order chi connectivity index (χ1) is 15.2. The lowest BCUT2D eigenvalue weighted by atomic mass is 10.2. The van der Waals surface area contributed by atoms with Gasteiger partial charge >= 0.3 is 0 Å². The van der Waals surface area contributed by atoms with Crippen LogP contribution in [0.2, 0.25) is 0 Å². The van der Waals surface area contributed by atoms with Crippen LogP contribution in [0.15, 0.2) is 90.4 Å². The van der Waals surface area contributed by atoms with Gasteiger partial charge in [0.2, 0.25) is 0 Å². The summed E-state index contributed by atoms with van der Waals surface area (Å²) in [5.41, 5.74) is 4.28. The molecule has 0 saturated heterocycles. The third-order valence-electron chi connectivity index (χ3n) is 4.82. The van der Waals surface area contributed by atoms with Crippen LogP contribution in [0.4, 0.5) is 21.5 Å². The van der Waals surface area contributed by atoms with Gasteiger partial charge < -0.3 is 10.6 Å². The van der Waals surface area contributed by atoms with Gasteiger partial charge in [0.1, 0.15) is 5.82 Å². The third kappa shape index (κ3) is 4.04. The molecule has 0 radical (unpaired) electrons. The molecule has 31 heavy (non-hydrogen) atoms. The zero-order valence-corrected chi connectivity index (χ0v) is 17.1. The number of hydrogen-bond donors (Lipinski definition) is 2. The minimum Gasteiger partial charge on any atom is -0.356 e. The molecule has 2 heterocycles. The molecule has 2 N–H and O–H groups in total. The van der Waals surface area contributed by atoms with Crippen LogP contribution in [0, 0.1) is 5.82 Å². The molecule has 3 aromatic carbocycles. The van der Waals surface area contributed by atoms with Gasteiger partial charge in [-0.25, -0.2) is 9.07 Å². The number of carbonyl (C=O) groups is 1. The van der Waals surface area contributed by atoms with E-state index in [1.54, 1.807) is 24.4 Å². The number of nitrogens with one attached hydrogen (secondary N) is 2. The van der Waals surface area contributed by atoms with Crippen molar-refractivity contribution in [2.24, 2.45) is 0 Å². The molecule has 0 aliphatic rings. The zero-order valence-electron chi connectivity index (χ0n) is 16.2. The average molecular weight is 428 g/mol. The highest BCUT2D eigenvalue weighted by atomic mass is 32.1. The van der Waals surface area contributed by atoms with Gasteiger partial charge in [-0.1, -0.05) is 6.07 Å². The lowest BCUT2D eigenvalue weighted by molar-refractivity contribution is 0.103. The van der Waals surface area contributed by atoms with Crippen molar-refractivity contribution in [2.75, 3.05) is 10.6 Å². The van der Waals surface area contributed by atoms with Gasteiger partial charge in [-0.2, -0.15) is 5.10 Å². The van der Waals surface area contributed by atoms with Crippen molar-refractivity contribution >= 4 is 45.2 Å². The predicted octanol–water partition coefficient (Wildman–Crippen LogP) is 6.22. The van der Waals surface area contributed by atoms with Crippen molar-refractivity contribution in [3.8, 4) is 5.69 Å². The van der Waals surface area contributed by atoms with E-state index in [-0.39, 0.29) is 11.7 Å². The fraction of sp³-hybridized carbons (Fsp3) is 0. The molecule has 0 saturated carbocycles. The molecule has 0 atom stereocenters. The Morgan fingerprint density at radius 3 is 2.39 bits per heavy atom. The Bertz CT molecular complexity index is 1340. The van der Waals surface area contributed by atoms with Crippen molar-refractivity contribution in [1.82, 2.24) is 9.78 Å². The van der Waals surface area contributed by atoms with Crippen LogP contribution in [-0.2, 0) is 0 Å². The molecule has 0 bridgehead atoms. The fourth-order valence-electron chi connectivity index (χ4n) is 3.30. The summed E-state index contributed by atoms with van der Waals surface area (Å²) in [7, 11) is 0. The van der Waals surface area contributed by atoms with Crippen LogP contribution < -0.4 is 10.6 Å². The van der Waals surface area contributed by atoms with E-state index in [1.807, 2.05) is 58.6 Å². The monoisotopic (exact) mass is 428 g/mol. The highest BCUT2D eigenvalue weighted by molar-refractivity contribution is 7.12. The molecule has 5 rings (SSSR count). The number of rotatable bonds is 5. The summed E-state index contributed by atoms with van der Waals surface area (Å²) >= 11 is 1.41. The lowest BCUT2D eigenvalue weighted by Crippen LogP contribution is -2.10. The minimum absolute atomic E-state index is 0.117. The molecule has 2 aromatic heterocycles. The zero-order chi connectivity index (χ0) is 21.2. The summed E-state index contributed by atoms with van der Waals surface area (Å²) in [5.74, 6) is -0.382. The quantitative estimate of drug-likeness (QED) is 0.349. The Balaban J connectivity index is 1.35. The topological polar surface area (TPSA) is 59.0 Å². The van der Waals surface area contributed by atoms with Gasteiger partial charge in [-0.3, -0.25) is 4.79 Å². The Hall–Kier alpha value is -3.97. The fourth-order valence-corrected chi connectivity index (χ4v) is 3.92. The second-order valence-electron chi connectivity index (χ2n) is 6.94. The maximum Gasteiger partial charge on any atom is 0.265 e. The number of nitrogens with zero attached hydrogens (tertiary/aromatic N) is 2. The Morgan fingerprint density at radius 2 is 1.65 bits per heavy atom. The smallest absolute Gasteiger partial charge is 0.265 e. The van der Waals surface area contributed by atoms with Crippen molar-refractivity contribution in [2.45, 2.75) is 0 Å². The number of anilines is 3. The first-order valence-corrected chi connectivity index (χ1v) is 10.5. The number of thiophene rings is 1. The maximum absolute atomic E-state index is 13.1. The molecule has 0 aliphatic carbocycles. The molecule has 5 nitrogen and oxygen atoms in total. The van der Waals surface area contributed by atoms with Crippen LogP contribution in [0.3, 0.4) is 0 Å². The van der Waals surface area contributed by atoms with Gasteiger partial charge in [-0.05, 0) is 78.2 Å². The van der Waals surface area contributed by atoms with Crippen LogP contribution in [0.5, 0.6) is 0 Å². The van der Waals surface area contributed by atoms with Crippen LogP contribution in [-0.4, -0.2) is 15.7 Å². The number of amides is 1. The van der Waals surface area contributed by atoms with Gasteiger partial charge in [0, 0.05) is 22.4 Å². The Morgan fingerprint density at radius 1 is 0.903 bits per heavy atom. The number of halogens is 1. The van der Waals surface area contributed by atoms with Crippen molar-refractivity contribution in [3.63, 3.8) is 0 Å². The lowest BCUT2D eigenvalue weighted by Gasteiger charge is -2.08. The number of benzene rings is 3. The van der Waals surface area contributed by atoms with Crippen LogP contribution >= 0.6 is 11.3 Å². The van der Waals surface area contributed by atoms with Gasteiger partial charge in [-0.15, -0.1) is 11.3 Å². The van der Waals surface area contributed by atoms with Crippen LogP contribution in [0.1, 0.15) is 9.67 Å². The largest absolute Gasteiger partial charge is 0.356 e. The van der Waals surface area contributed by atoms with E-state index in [0.717, 1.165) is 33.7 Å². The number of aromatic nitrogens is 2. The summed E-state index contributed by atoms with van der Waals surface area (Å²) in [6.07, 6.45) is 1.80. The van der Waals surface area contributed by atoms with Crippen molar-refractivity contribution < 1.29 is 9.18 Å². The number of fused-ring (bicyclic) bond motifs is 1. The standard InChI is InChI=1S/C24H17FN4OS/c25-17-3-5-18(6-4-17)27-20-9-12-22-16(14-20)15-26-29(22)21-10-7-19(8-11-21)28-24(30)23-2-1-13-31-23/h1-15,27H,(H,28,30). The third-order valence-corrected chi connectivity index (χ3v) is 5.68. The molecule has 152 valence electrons. The number of carbonyl (C=O) groups excluding carboxylic acids is 1. The molecular weight excluding hydrogens is 411 g/mol. The average Bonchev–Trinajstić information content (AvgIpc) is 3.46. The second-order valence-corrected chi connectivity index (χ2v) is 7.89. The summed E-state index contributed by atoms with van der Waals surface area (Å²) in [4.78, 5) is 12.9. The first kappa shape index (κ1) is 19.0. The Labute approximate surface area is 181 Å². The molecular formula is C24H17FN4OS. The van der Waals surface area contributed by atoms with E-state index >= 15 is 0 Å².